The van der Waals surface area contributed by atoms with Crippen LogP contribution in [0.4, 0.5) is 5.95 Å². The van der Waals surface area contributed by atoms with E-state index >= 15 is 0 Å². The van der Waals surface area contributed by atoms with E-state index < -0.39 is 0 Å². The molecule has 1 amide bonds. The number of aromatic nitrogens is 3. The zero-order valence-electron chi connectivity index (χ0n) is 16.9. The van der Waals surface area contributed by atoms with Gasteiger partial charge >= 0.3 is 0 Å². The molecule has 0 spiro atoms. The molecule has 0 aliphatic carbocycles. The van der Waals surface area contributed by atoms with Crippen molar-refractivity contribution in [3.63, 3.8) is 0 Å². The Labute approximate surface area is 171 Å². The number of nitrogens with zero attached hydrogens (tertiary/aromatic N) is 5. The van der Waals surface area contributed by atoms with Crippen LogP contribution in [0.1, 0.15) is 25.0 Å². The van der Waals surface area contributed by atoms with Gasteiger partial charge in [-0.25, -0.2) is 0 Å². The Morgan fingerprint density at radius 3 is 2.46 bits per heavy atom. The summed E-state index contributed by atoms with van der Waals surface area (Å²) in [5, 5.41) is 9.46. The lowest BCUT2D eigenvalue weighted by atomic mass is 10.1. The number of thioether (sulfide) groups is 1. The van der Waals surface area contributed by atoms with Crippen LogP contribution in [-0.4, -0.2) is 64.7 Å². The van der Waals surface area contributed by atoms with Gasteiger partial charge in [0.15, 0.2) is 5.16 Å². The van der Waals surface area contributed by atoms with Crippen LogP contribution in [0.5, 0.6) is 0 Å². The van der Waals surface area contributed by atoms with Crippen molar-refractivity contribution in [3.05, 3.63) is 35.4 Å². The third kappa shape index (κ3) is 5.05. The number of carbonyl (C=O) groups is 1. The first-order valence-electron chi connectivity index (χ1n) is 9.82. The number of hydrogen-bond acceptors (Lipinski definition) is 6. The fourth-order valence-electron chi connectivity index (χ4n) is 3.14. The lowest BCUT2D eigenvalue weighted by Crippen LogP contribution is -2.38. The molecular formula is C20H29N5O2S. The number of rotatable bonds is 8. The van der Waals surface area contributed by atoms with Crippen molar-refractivity contribution in [3.8, 4) is 0 Å². The summed E-state index contributed by atoms with van der Waals surface area (Å²) in [6, 6.07) is 8.44. The van der Waals surface area contributed by atoms with E-state index in [1.54, 1.807) is 4.90 Å². The van der Waals surface area contributed by atoms with Crippen LogP contribution in [0.2, 0.25) is 0 Å². The molecule has 0 unspecified atom stereocenters. The summed E-state index contributed by atoms with van der Waals surface area (Å²) in [5.74, 6) is 1.30. The van der Waals surface area contributed by atoms with Gasteiger partial charge in [-0.3, -0.25) is 9.36 Å². The Morgan fingerprint density at radius 1 is 1.14 bits per heavy atom. The van der Waals surface area contributed by atoms with Gasteiger partial charge < -0.3 is 14.5 Å². The van der Waals surface area contributed by atoms with Gasteiger partial charge in [-0.2, -0.15) is 0 Å². The summed E-state index contributed by atoms with van der Waals surface area (Å²) in [5.41, 5.74) is 2.45. The molecule has 28 heavy (non-hydrogen) atoms. The largest absolute Gasteiger partial charge is 0.378 e. The predicted octanol–water partition coefficient (Wildman–Crippen LogP) is 2.45. The van der Waals surface area contributed by atoms with E-state index in [4.69, 9.17) is 4.74 Å². The molecular weight excluding hydrogens is 374 g/mol. The molecule has 7 nitrogen and oxygen atoms in total. The number of carbonyl (C=O) groups excluding carboxylic acids is 1. The van der Waals surface area contributed by atoms with E-state index in [2.05, 4.69) is 57.8 Å². The highest BCUT2D eigenvalue weighted by Crippen LogP contribution is 2.23. The van der Waals surface area contributed by atoms with Gasteiger partial charge in [0, 0.05) is 33.2 Å². The maximum atomic E-state index is 12.6. The number of hydrogen-bond donors (Lipinski definition) is 0. The zero-order valence-corrected chi connectivity index (χ0v) is 17.7. The Bertz CT molecular complexity index is 771. The number of anilines is 1. The van der Waals surface area contributed by atoms with Crippen molar-refractivity contribution in [2.75, 3.05) is 44.0 Å². The molecule has 152 valence electrons. The molecule has 0 radical (unpaired) electrons. The van der Waals surface area contributed by atoms with Crippen molar-refractivity contribution in [2.24, 2.45) is 0 Å². The molecule has 1 aromatic heterocycles. The topological polar surface area (TPSA) is 63.5 Å². The third-order valence-corrected chi connectivity index (χ3v) is 5.86. The summed E-state index contributed by atoms with van der Waals surface area (Å²) < 4.78 is 7.49. The lowest BCUT2D eigenvalue weighted by molar-refractivity contribution is -0.127. The Morgan fingerprint density at radius 2 is 1.82 bits per heavy atom. The van der Waals surface area contributed by atoms with E-state index in [-0.39, 0.29) is 5.91 Å². The standard InChI is InChI=1S/C20H29N5O2S/c1-4-16-6-8-17(9-7-16)14-23(3)18(26)15-28-20-22-21-19(25(20)5-2)24-10-12-27-13-11-24/h6-9H,4-5,10-15H2,1-3H3. The average Bonchev–Trinajstić information content (AvgIpc) is 3.16. The SMILES string of the molecule is CCc1ccc(CN(C)C(=O)CSc2nnc(N3CCOCC3)n2CC)cc1. The highest BCUT2D eigenvalue weighted by molar-refractivity contribution is 7.99. The second kappa shape index (κ2) is 9.93. The van der Waals surface area contributed by atoms with Gasteiger partial charge in [0.1, 0.15) is 0 Å². The maximum Gasteiger partial charge on any atom is 0.233 e. The summed E-state index contributed by atoms with van der Waals surface area (Å²) in [7, 11) is 1.85. The summed E-state index contributed by atoms with van der Waals surface area (Å²) in [4.78, 5) is 16.5. The van der Waals surface area contributed by atoms with Crippen LogP contribution in [0.3, 0.4) is 0 Å². The first-order chi connectivity index (χ1) is 13.6. The number of benzene rings is 1. The summed E-state index contributed by atoms with van der Waals surface area (Å²) >= 11 is 1.45. The minimum Gasteiger partial charge on any atom is -0.378 e. The molecule has 8 heteroatoms. The van der Waals surface area contributed by atoms with Crippen LogP contribution in [0.15, 0.2) is 29.4 Å². The number of ether oxygens (including phenoxy) is 1. The molecule has 3 rings (SSSR count). The van der Waals surface area contributed by atoms with Gasteiger partial charge in [-0.1, -0.05) is 43.0 Å². The third-order valence-electron chi connectivity index (χ3n) is 4.91. The van der Waals surface area contributed by atoms with E-state index in [1.165, 1.54) is 17.3 Å². The highest BCUT2D eigenvalue weighted by atomic mass is 32.2. The Balaban J connectivity index is 1.56. The first-order valence-corrected chi connectivity index (χ1v) is 10.8. The van der Waals surface area contributed by atoms with Gasteiger partial charge in [-0.15, -0.1) is 10.2 Å². The highest BCUT2D eigenvalue weighted by Gasteiger charge is 2.20. The minimum absolute atomic E-state index is 0.0862. The second-order valence-corrected chi connectivity index (χ2v) is 7.78. The lowest BCUT2D eigenvalue weighted by Gasteiger charge is -2.27. The van der Waals surface area contributed by atoms with Crippen LogP contribution >= 0.6 is 11.8 Å². The Hall–Kier alpha value is -2.06. The predicted molar refractivity (Wildman–Crippen MR) is 112 cm³/mol. The van der Waals surface area contributed by atoms with Crippen LogP contribution < -0.4 is 4.90 Å². The first kappa shape index (κ1) is 20.7. The second-order valence-electron chi connectivity index (χ2n) is 6.83. The Kier molecular flexibility index (Phi) is 7.33. The molecule has 1 aliphatic heterocycles. The van der Waals surface area contributed by atoms with Crippen LogP contribution in [0.25, 0.3) is 0 Å². The van der Waals surface area contributed by atoms with Gasteiger partial charge in [0.05, 0.1) is 19.0 Å². The molecule has 2 heterocycles. The number of morpholine rings is 1. The normalized spacial score (nSPS) is 14.3. The minimum atomic E-state index is 0.0862. The summed E-state index contributed by atoms with van der Waals surface area (Å²) in [6.07, 6.45) is 1.02. The van der Waals surface area contributed by atoms with E-state index in [0.717, 1.165) is 42.7 Å². The monoisotopic (exact) mass is 403 g/mol. The maximum absolute atomic E-state index is 12.6. The van der Waals surface area contributed by atoms with E-state index in [9.17, 15) is 4.79 Å². The smallest absolute Gasteiger partial charge is 0.233 e. The molecule has 1 saturated heterocycles. The van der Waals surface area contributed by atoms with Crippen LogP contribution in [0, 0.1) is 0 Å². The van der Waals surface area contributed by atoms with E-state index in [1.807, 2.05) is 7.05 Å². The zero-order chi connectivity index (χ0) is 19.9. The molecule has 0 atom stereocenters. The summed E-state index contributed by atoms with van der Waals surface area (Å²) in [6.45, 7) is 8.66. The van der Waals surface area contributed by atoms with Crippen molar-refractivity contribution in [1.29, 1.82) is 0 Å². The van der Waals surface area contributed by atoms with Crippen molar-refractivity contribution < 1.29 is 9.53 Å². The van der Waals surface area contributed by atoms with Crippen molar-refractivity contribution >= 4 is 23.6 Å². The molecule has 2 aromatic rings. The van der Waals surface area contributed by atoms with E-state index in [0.29, 0.717) is 25.5 Å². The van der Waals surface area contributed by atoms with Gasteiger partial charge in [-0.05, 0) is 24.5 Å². The molecule has 1 aromatic carbocycles. The number of aryl methyl sites for hydroxylation is 1. The molecule has 0 N–H and O–H groups in total. The van der Waals surface area contributed by atoms with Gasteiger partial charge in [0.25, 0.3) is 0 Å². The number of amides is 1. The molecule has 1 fully saturated rings. The fraction of sp³-hybridized carbons (Fsp3) is 0.550. The van der Waals surface area contributed by atoms with Crippen LogP contribution in [-0.2, 0) is 29.0 Å². The fourth-order valence-corrected chi connectivity index (χ4v) is 4.08. The van der Waals surface area contributed by atoms with Crippen molar-refractivity contribution in [2.45, 2.75) is 38.5 Å². The molecule has 0 saturated carbocycles. The van der Waals surface area contributed by atoms with Crippen molar-refractivity contribution in [1.82, 2.24) is 19.7 Å². The molecule has 0 bridgehead atoms. The van der Waals surface area contributed by atoms with Gasteiger partial charge in [0.2, 0.25) is 11.9 Å². The quantitative estimate of drug-likeness (QED) is 0.631. The molecule has 1 aliphatic rings. The average molecular weight is 404 g/mol.